The highest BCUT2D eigenvalue weighted by molar-refractivity contribution is 8.00. The summed E-state index contributed by atoms with van der Waals surface area (Å²) in [4.78, 5) is 19.7. The summed E-state index contributed by atoms with van der Waals surface area (Å²) in [6.45, 7) is 0. The van der Waals surface area contributed by atoms with Gasteiger partial charge in [-0.3, -0.25) is 9.69 Å². The molecule has 0 spiro atoms. The van der Waals surface area contributed by atoms with Crippen LogP contribution >= 0.6 is 23.1 Å². The topological polar surface area (TPSA) is 33.2 Å². The van der Waals surface area contributed by atoms with Crippen LogP contribution in [0.1, 0.15) is 0 Å². The molecule has 110 valence electrons. The number of rotatable bonds is 5. The summed E-state index contributed by atoms with van der Waals surface area (Å²) < 4.78 is 0. The van der Waals surface area contributed by atoms with Crippen LogP contribution in [0.15, 0.2) is 77.1 Å². The van der Waals surface area contributed by atoms with Crippen molar-refractivity contribution in [2.24, 2.45) is 0 Å². The van der Waals surface area contributed by atoms with Crippen molar-refractivity contribution in [1.29, 1.82) is 0 Å². The van der Waals surface area contributed by atoms with Crippen molar-refractivity contribution in [3.63, 3.8) is 0 Å². The second-order valence-electron chi connectivity index (χ2n) is 4.48. The van der Waals surface area contributed by atoms with Crippen molar-refractivity contribution in [1.82, 2.24) is 4.98 Å². The number of amides is 1. The van der Waals surface area contributed by atoms with Gasteiger partial charge in [-0.25, -0.2) is 4.98 Å². The number of thioether (sulfide) groups is 1. The molecule has 5 heteroatoms. The predicted molar refractivity (Wildman–Crippen MR) is 92.9 cm³/mol. The second-order valence-corrected chi connectivity index (χ2v) is 6.40. The molecule has 0 aliphatic heterocycles. The summed E-state index contributed by atoms with van der Waals surface area (Å²) in [6, 6.07) is 19.6. The predicted octanol–water partition coefficient (Wildman–Crippen LogP) is 4.60. The van der Waals surface area contributed by atoms with E-state index < -0.39 is 0 Å². The standard InChI is InChI=1S/C17H14N2OS2/c20-16(13-22-15-9-5-2-6-10-15)19(17-18-11-12-21-17)14-7-3-1-4-8-14/h1-12H,13H2. The zero-order chi connectivity index (χ0) is 15.2. The van der Waals surface area contributed by atoms with Gasteiger partial charge in [-0.2, -0.15) is 0 Å². The van der Waals surface area contributed by atoms with Crippen molar-refractivity contribution in [2.45, 2.75) is 4.90 Å². The fourth-order valence-electron chi connectivity index (χ4n) is 1.99. The molecular weight excluding hydrogens is 312 g/mol. The first-order valence-electron chi connectivity index (χ1n) is 6.80. The van der Waals surface area contributed by atoms with Crippen LogP contribution in [-0.2, 0) is 4.79 Å². The third-order valence-corrected chi connectivity index (χ3v) is 4.73. The first-order valence-corrected chi connectivity index (χ1v) is 8.66. The minimum atomic E-state index is 0.0232. The van der Waals surface area contributed by atoms with Gasteiger partial charge in [-0.1, -0.05) is 36.4 Å². The Balaban J connectivity index is 1.79. The van der Waals surface area contributed by atoms with E-state index in [1.54, 1.807) is 11.1 Å². The quantitative estimate of drug-likeness (QED) is 0.642. The lowest BCUT2D eigenvalue weighted by Gasteiger charge is -2.19. The molecule has 0 radical (unpaired) electrons. The summed E-state index contributed by atoms with van der Waals surface area (Å²) in [5, 5.41) is 2.58. The second kappa shape index (κ2) is 7.24. The molecule has 0 atom stereocenters. The van der Waals surface area contributed by atoms with Crippen LogP contribution in [0.25, 0.3) is 0 Å². The maximum absolute atomic E-state index is 12.7. The summed E-state index contributed by atoms with van der Waals surface area (Å²) in [6.07, 6.45) is 1.72. The molecule has 3 nitrogen and oxygen atoms in total. The SMILES string of the molecule is O=C(CSc1ccccc1)N(c1ccccc1)c1nccs1. The fourth-order valence-corrected chi connectivity index (χ4v) is 3.44. The molecule has 0 saturated heterocycles. The van der Waals surface area contributed by atoms with Crippen molar-refractivity contribution in [2.75, 3.05) is 10.7 Å². The molecule has 2 aromatic carbocycles. The molecule has 3 aromatic rings. The van der Waals surface area contributed by atoms with Gasteiger partial charge >= 0.3 is 0 Å². The number of para-hydroxylation sites is 1. The largest absolute Gasteiger partial charge is 0.273 e. The Bertz CT molecular complexity index is 715. The minimum absolute atomic E-state index is 0.0232. The molecule has 3 rings (SSSR count). The van der Waals surface area contributed by atoms with Crippen molar-refractivity contribution < 1.29 is 4.79 Å². The summed E-state index contributed by atoms with van der Waals surface area (Å²) in [5.74, 6) is 0.397. The number of aromatic nitrogens is 1. The van der Waals surface area contributed by atoms with Gasteiger partial charge < -0.3 is 0 Å². The van der Waals surface area contributed by atoms with E-state index in [-0.39, 0.29) is 5.91 Å². The van der Waals surface area contributed by atoms with Crippen LogP contribution in [0.2, 0.25) is 0 Å². The molecule has 0 fully saturated rings. The van der Waals surface area contributed by atoms with E-state index in [2.05, 4.69) is 4.98 Å². The van der Waals surface area contributed by atoms with E-state index in [0.29, 0.717) is 10.9 Å². The van der Waals surface area contributed by atoms with Crippen LogP contribution in [0, 0.1) is 0 Å². The number of anilines is 2. The normalized spacial score (nSPS) is 10.4. The fraction of sp³-hybridized carbons (Fsp3) is 0.0588. The molecule has 0 aliphatic carbocycles. The van der Waals surface area contributed by atoms with E-state index in [9.17, 15) is 4.79 Å². The number of carbonyl (C=O) groups excluding carboxylic acids is 1. The molecule has 1 heterocycles. The van der Waals surface area contributed by atoms with E-state index in [0.717, 1.165) is 10.6 Å². The highest BCUT2D eigenvalue weighted by Gasteiger charge is 2.20. The Kier molecular flexibility index (Phi) is 4.88. The molecule has 1 amide bonds. The number of nitrogens with zero attached hydrogens (tertiary/aromatic N) is 2. The molecule has 0 saturated carbocycles. The zero-order valence-corrected chi connectivity index (χ0v) is 13.4. The lowest BCUT2D eigenvalue weighted by atomic mass is 10.3. The number of benzene rings is 2. The maximum Gasteiger partial charge on any atom is 0.243 e. The van der Waals surface area contributed by atoms with Gasteiger partial charge in [0.25, 0.3) is 0 Å². The lowest BCUT2D eigenvalue weighted by molar-refractivity contribution is -0.115. The van der Waals surface area contributed by atoms with E-state index in [4.69, 9.17) is 0 Å². The molecule has 0 N–H and O–H groups in total. The highest BCUT2D eigenvalue weighted by Crippen LogP contribution is 2.29. The average Bonchev–Trinajstić information content (AvgIpc) is 3.09. The van der Waals surface area contributed by atoms with Gasteiger partial charge in [-0.05, 0) is 24.3 Å². The maximum atomic E-state index is 12.7. The summed E-state index contributed by atoms with van der Waals surface area (Å²) >= 11 is 3.00. The minimum Gasteiger partial charge on any atom is -0.273 e. The van der Waals surface area contributed by atoms with Crippen LogP contribution in [-0.4, -0.2) is 16.6 Å². The first kappa shape index (κ1) is 14.8. The van der Waals surface area contributed by atoms with Crippen LogP contribution in [0.4, 0.5) is 10.8 Å². The smallest absolute Gasteiger partial charge is 0.243 e. The molecule has 22 heavy (non-hydrogen) atoms. The van der Waals surface area contributed by atoms with Crippen LogP contribution in [0.5, 0.6) is 0 Å². The summed E-state index contributed by atoms with van der Waals surface area (Å²) in [7, 11) is 0. The monoisotopic (exact) mass is 326 g/mol. The number of carbonyl (C=O) groups is 1. The third-order valence-electron chi connectivity index (χ3n) is 2.98. The Morgan fingerprint density at radius 1 is 1.05 bits per heavy atom. The van der Waals surface area contributed by atoms with E-state index in [1.165, 1.54) is 23.1 Å². The summed E-state index contributed by atoms with van der Waals surface area (Å²) in [5.41, 5.74) is 0.844. The van der Waals surface area contributed by atoms with E-state index >= 15 is 0 Å². The van der Waals surface area contributed by atoms with Crippen molar-refractivity contribution in [3.8, 4) is 0 Å². The number of hydrogen-bond acceptors (Lipinski definition) is 4. The van der Waals surface area contributed by atoms with Crippen molar-refractivity contribution >= 4 is 39.8 Å². The van der Waals surface area contributed by atoms with Gasteiger partial charge in [0.05, 0.1) is 11.4 Å². The molecule has 0 aliphatic rings. The average molecular weight is 326 g/mol. The molecule has 0 bridgehead atoms. The van der Waals surface area contributed by atoms with Gasteiger partial charge in [0.15, 0.2) is 5.13 Å². The van der Waals surface area contributed by atoms with Gasteiger partial charge in [0.1, 0.15) is 0 Å². The van der Waals surface area contributed by atoms with Gasteiger partial charge in [0, 0.05) is 16.5 Å². The van der Waals surface area contributed by atoms with Gasteiger partial charge in [0.2, 0.25) is 5.91 Å². The van der Waals surface area contributed by atoms with Crippen LogP contribution in [0.3, 0.4) is 0 Å². The Morgan fingerprint density at radius 2 is 1.73 bits per heavy atom. The number of hydrogen-bond donors (Lipinski definition) is 0. The Hall–Kier alpha value is -2.11. The molecular formula is C17H14N2OS2. The van der Waals surface area contributed by atoms with Crippen molar-refractivity contribution in [3.05, 3.63) is 72.2 Å². The molecule has 0 unspecified atom stereocenters. The molecule has 1 aromatic heterocycles. The van der Waals surface area contributed by atoms with Gasteiger partial charge in [-0.15, -0.1) is 23.1 Å². The number of thiazole rings is 1. The highest BCUT2D eigenvalue weighted by atomic mass is 32.2. The zero-order valence-electron chi connectivity index (χ0n) is 11.8. The van der Waals surface area contributed by atoms with Crippen LogP contribution < -0.4 is 4.90 Å². The Labute approximate surface area is 137 Å². The third kappa shape index (κ3) is 3.55. The first-order chi connectivity index (χ1) is 10.8. The van der Waals surface area contributed by atoms with E-state index in [1.807, 2.05) is 66.0 Å². The lowest BCUT2D eigenvalue weighted by Crippen LogP contribution is -2.27. The Morgan fingerprint density at radius 3 is 2.36 bits per heavy atom.